The molecule has 0 saturated heterocycles. The highest BCUT2D eigenvalue weighted by molar-refractivity contribution is 7.92. The van der Waals surface area contributed by atoms with Crippen molar-refractivity contribution in [1.29, 1.82) is 0 Å². The Balaban J connectivity index is 1.64. The van der Waals surface area contributed by atoms with E-state index in [-0.39, 0.29) is 19.1 Å². The van der Waals surface area contributed by atoms with Crippen molar-refractivity contribution in [2.75, 3.05) is 22.5 Å². The van der Waals surface area contributed by atoms with E-state index in [2.05, 4.69) is 5.32 Å². The number of amides is 1. The normalized spacial score (nSPS) is 11.1. The van der Waals surface area contributed by atoms with Gasteiger partial charge in [0.15, 0.2) is 6.61 Å². The van der Waals surface area contributed by atoms with Crippen molar-refractivity contribution in [2.24, 2.45) is 0 Å². The van der Waals surface area contributed by atoms with Crippen LogP contribution in [0.3, 0.4) is 0 Å². The van der Waals surface area contributed by atoms with Gasteiger partial charge in [0, 0.05) is 5.69 Å². The Labute approximate surface area is 183 Å². The maximum absolute atomic E-state index is 12.3. The van der Waals surface area contributed by atoms with Gasteiger partial charge in [-0.15, -0.1) is 0 Å². The molecule has 3 aromatic carbocycles. The second kappa shape index (κ2) is 9.66. The average Bonchev–Trinajstić information content (AvgIpc) is 2.71. The van der Waals surface area contributed by atoms with Gasteiger partial charge in [0.1, 0.15) is 5.75 Å². The number of nitrogens with one attached hydrogen (secondary N) is 1. The van der Waals surface area contributed by atoms with Crippen LogP contribution in [0.15, 0.2) is 72.8 Å². The van der Waals surface area contributed by atoms with Gasteiger partial charge < -0.3 is 10.1 Å². The third-order valence-corrected chi connectivity index (χ3v) is 5.78. The number of hydrogen-bond donors (Lipinski definition) is 1. The number of sulfonamides is 1. The minimum atomic E-state index is -3.47. The number of rotatable bonds is 8. The molecule has 0 atom stereocenters. The Morgan fingerprint density at radius 3 is 2.23 bits per heavy atom. The lowest BCUT2D eigenvalue weighted by molar-refractivity contribution is -0.118. The first-order valence-corrected chi connectivity index (χ1v) is 11.7. The van der Waals surface area contributed by atoms with Crippen LogP contribution in [0.5, 0.6) is 5.75 Å². The molecule has 7 heteroatoms. The minimum Gasteiger partial charge on any atom is -0.484 e. The van der Waals surface area contributed by atoms with Crippen LogP contribution in [0.2, 0.25) is 0 Å². The second-order valence-corrected chi connectivity index (χ2v) is 9.36. The first kappa shape index (κ1) is 22.4. The van der Waals surface area contributed by atoms with E-state index in [4.69, 9.17) is 4.74 Å². The van der Waals surface area contributed by atoms with Gasteiger partial charge in [-0.25, -0.2) is 8.42 Å². The summed E-state index contributed by atoms with van der Waals surface area (Å²) in [6, 6.07) is 21.9. The highest BCUT2D eigenvalue weighted by Gasteiger charge is 2.18. The Kier molecular flexibility index (Phi) is 6.97. The van der Waals surface area contributed by atoms with E-state index in [9.17, 15) is 13.2 Å². The van der Waals surface area contributed by atoms with Gasteiger partial charge in [-0.3, -0.25) is 9.10 Å². The van der Waals surface area contributed by atoms with Crippen LogP contribution in [0, 0.1) is 13.8 Å². The number of carbonyl (C=O) groups is 1. The van der Waals surface area contributed by atoms with E-state index >= 15 is 0 Å². The minimum absolute atomic E-state index is 0.146. The molecule has 0 unspecified atom stereocenters. The van der Waals surface area contributed by atoms with Crippen molar-refractivity contribution in [1.82, 2.24) is 0 Å². The van der Waals surface area contributed by atoms with Crippen molar-refractivity contribution in [3.63, 3.8) is 0 Å². The number of aryl methyl sites for hydroxylation is 2. The molecule has 31 heavy (non-hydrogen) atoms. The van der Waals surface area contributed by atoms with Crippen LogP contribution < -0.4 is 14.4 Å². The lowest BCUT2D eigenvalue weighted by atomic mass is 10.1. The molecule has 0 spiro atoms. The predicted octanol–water partition coefficient (Wildman–Crippen LogP) is 4.29. The monoisotopic (exact) mass is 438 g/mol. The van der Waals surface area contributed by atoms with Crippen molar-refractivity contribution in [2.45, 2.75) is 20.4 Å². The van der Waals surface area contributed by atoms with Gasteiger partial charge in [-0.05, 0) is 61.4 Å². The summed E-state index contributed by atoms with van der Waals surface area (Å²) in [6.45, 7) is 4.02. The molecule has 0 saturated carbocycles. The molecule has 0 aliphatic carbocycles. The van der Waals surface area contributed by atoms with Crippen molar-refractivity contribution < 1.29 is 17.9 Å². The molecule has 0 radical (unpaired) electrons. The van der Waals surface area contributed by atoms with Crippen molar-refractivity contribution in [3.8, 4) is 5.75 Å². The lowest BCUT2D eigenvalue weighted by Crippen LogP contribution is -2.29. The molecular formula is C24H26N2O4S. The van der Waals surface area contributed by atoms with E-state index in [1.165, 1.54) is 10.6 Å². The third-order valence-electron chi connectivity index (χ3n) is 4.64. The molecule has 1 N–H and O–H groups in total. The molecule has 3 rings (SSSR count). The number of benzene rings is 3. The van der Waals surface area contributed by atoms with E-state index < -0.39 is 10.0 Å². The Bertz CT molecular complexity index is 1140. The SMILES string of the molecule is Cc1ccc(CN(c2ccc(OCC(=O)Nc3cccc(C)c3)cc2)S(C)(=O)=O)cc1. The van der Waals surface area contributed by atoms with Gasteiger partial charge in [-0.1, -0.05) is 42.0 Å². The molecule has 3 aromatic rings. The quantitative estimate of drug-likeness (QED) is 0.569. The molecular weight excluding hydrogens is 412 g/mol. The summed E-state index contributed by atoms with van der Waals surface area (Å²) in [7, 11) is -3.47. The van der Waals surface area contributed by atoms with E-state index in [0.29, 0.717) is 17.1 Å². The van der Waals surface area contributed by atoms with E-state index in [0.717, 1.165) is 16.7 Å². The zero-order valence-electron chi connectivity index (χ0n) is 17.8. The topological polar surface area (TPSA) is 75.7 Å². The van der Waals surface area contributed by atoms with E-state index in [1.807, 2.05) is 62.4 Å². The number of carbonyl (C=O) groups excluding carboxylic acids is 1. The first-order chi connectivity index (χ1) is 14.7. The maximum atomic E-state index is 12.3. The molecule has 0 aliphatic heterocycles. The van der Waals surface area contributed by atoms with Gasteiger partial charge in [0.2, 0.25) is 10.0 Å². The van der Waals surface area contributed by atoms with Crippen LogP contribution in [-0.2, 0) is 21.4 Å². The predicted molar refractivity (Wildman–Crippen MR) is 124 cm³/mol. The molecule has 0 aliphatic rings. The number of anilines is 2. The van der Waals surface area contributed by atoms with Gasteiger partial charge in [-0.2, -0.15) is 0 Å². The lowest BCUT2D eigenvalue weighted by Gasteiger charge is -2.23. The van der Waals surface area contributed by atoms with Crippen molar-refractivity contribution >= 4 is 27.3 Å². The third kappa shape index (κ3) is 6.58. The highest BCUT2D eigenvalue weighted by atomic mass is 32.2. The van der Waals surface area contributed by atoms with Gasteiger partial charge in [0.05, 0.1) is 18.5 Å². The first-order valence-electron chi connectivity index (χ1n) is 9.83. The molecule has 162 valence electrons. The van der Waals surface area contributed by atoms with Crippen LogP contribution in [-0.4, -0.2) is 27.2 Å². The van der Waals surface area contributed by atoms with Crippen molar-refractivity contribution in [3.05, 3.63) is 89.5 Å². The average molecular weight is 439 g/mol. The molecule has 1 amide bonds. The Morgan fingerprint density at radius 2 is 1.61 bits per heavy atom. The second-order valence-electron chi connectivity index (χ2n) is 7.46. The van der Waals surface area contributed by atoms with Crippen LogP contribution in [0.1, 0.15) is 16.7 Å². The fourth-order valence-corrected chi connectivity index (χ4v) is 3.92. The summed E-state index contributed by atoms with van der Waals surface area (Å²) in [5.74, 6) is 0.207. The smallest absolute Gasteiger partial charge is 0.262 e. The largest absolute Gasteiger partial charge is 0.484 e. The summed E-state index contributed by atoms with van der Waals surface area (Å²) in [5, 5.41) is 2.78. The fraction of sp³-hybridized carbons (Fsp3) is 0.208. The fourth-order valence-electron chi connectivity index (χ4n) is 3.04. The van der Waals surface area contributed by atoms with Crippen LogP contribution in [0.4, 0.5) is 11.4 Å². The highest BCUT2D eigenvalue weighted by Crippen LogP contribution is 2.24. The standard InChI is InChI=1S/C24H26N2O4S/c1-18-7-9-20(10-8-18)16-26(31(3,28)29)22-11-13-23(14-12-22)30-17-24(27)25-21-6-4-5-19(2)15-21/h4-15H,16-17H2,1-3H3,(H,25,27). The summed E-state index contributed by atoms with van der Waals surface area (Å²) in [5.41, 5.74) is 4.30. The van der Waals surface area contributed by atoms with Gasteiger partial charge >= 0.3 is 0 Å². The summed E-state index contributed by atoms with van der Waals surface area (Å²) < 4.78 is 31.6. The van der Waals surface area contributed by atoms with Crippen LogP contribution in [0.25, 0.3) is 0 Å². The van der Waals surface area contributed by atoms with Crippen LogP contribution >= 0.6 is 0 Å². The van der Waals surface area contributed by atoms with Gasteiger partial charge in [0.25, 0.3) is 5.91 Å². The zero-order chi connectivity index (χ0) is 22.4. The molecule has 0 fully saturated rings. The summed E-state index contributed by atoms with van der Waals surface area (Å²) >= 11 is 0. The molecule has 0 heterocycles. The molecule has 6 nitrogen and oxygen atoms in total. The number of hydrogen-bond acceptors (Lipinski definition) is 4. The van der Waals surface area contributed by atoms with E-state index in [1.54, 1.807) is 24.3 Å². The summed E-state index contributed by atoms with van der Waals surface area (Å²) in [6.07, 6.45) is 1.18. The number of nitrogens with zero attached hydrogens (tertiary/aromatic N) is 1. The Morgan fingerprint density at radius 1 is 0.935 bits per heavy atom. The Hall–Kier alpha value is -3.32. The molecule has 0 aromatic heterocycles. The summed E-state index contributed by atoms with van der Waals surface area (Å²) in [4.78, 5) is 12.1. The number of ether oxygens (including phenoxy) is 1. The maximum Gasteiger partial charge on any atom is 0.262 e. The molecule has 0 bridgehead atoms. The zero-order valence-corrected chi connectivity index (χ0v) is 18.6.